The highest BCUT2D eigenvalue weighted by Gasteiger charge is 2.19. The number of nitrogens with zero attached hydrogens (tertiary/aromatic N) is 3. The van der Waals surface area contributed by atoms with Crippen LogP contribution < -0.4 is 4.90 Å². The summed E-state index contributed by atoms with van der Waals surface area (Å²) in [6.07, 6.45) is 8.42. The minimum atomic E-state index is 0.491. The summed E-state index contributed by atoms with van der Waals surface area (Å²) in [6, 6.07) is 0. The highest BCUT2D eigenvalue weighted by atomic mass is 35.5. The van der Waals surface area contributed by atoms with E-state index in [9.17, 15) is 0 Å². The van der Waals surface area contributed by atoms with Crippen molar-refractivity contribution in [1.82, 2.24) is 9.97 Å². The van der Waals surface area contributed by atoms with E-state index in [0.29, 0.717) is 5.88 Å². The molecule has 0 radical (unpaired) electrons. The molecular weight excluding hydrogens is 258 g/mol. The Balaban J connectivity index is 2.11. The fraction of sp³-hybridized carbons (Fsp3) is 0.733. The largest absolute Gasteiger partial charge is 0.356 e. The molecule has 0 bridgehead atoms. The zero-order valence-electron chi connectivity index (χ0n) is 12.0. The third kappa shape index (κ3) is 3.82. The Morgan fingerprint density at radius 3 is 2.95 bits per heavy atom. The molecule has 1 fully saturated rings. The number of aromatic nitrogens is 2. The van der Waals surface area contributed by atoms with Crippen molar-refractivity contribution in [1.29, 1.82) is 0 Å². The van der Waals surface area contributed by atoms with Crippen LogP contribution in [0, 0.1) is 12.8 Å². The average molecular weight is 282 g/mol. The summed E-state index contributed by atoms with van der Waals surface area (Å²) in [7, 11) is 0. The summed E-state index contributed by atoms with van der Waals surface area (Å²) in [4.78, 5) is 11.3. The standard InChI is InChI=1S/C15H24ClN3/c1-3-5-13-6-4-8-19(9-7-13)15-14(10-16)11-17-12(2)18-15/h11,13H,3-10H2,1-2H3. The Morgan fingerprint density at radius 1 is 1.37 bits per heavy atom. The minimum Gasteiger partial charge on any atom is -0.356 e. The zero-order valence-corrected chi connectivity index (χ0v) is 12.8. The zero-order chi connectivity index (χ0) is 13.7. The summed E-state index contributed by atoms with van der Waals surface area (Å²) in [5.74, 6) is 3.26. The summed E-state index contributed by atoms with van der Waals surface area (Å²) < 4.78 is 0. The first kappa shape index (κ1) is 14.6. The van der Waals surface area contributed by atoms with Crippen molar-refractivity contribution in [2.75, 3.05) is 18.0 Å². The van der Waals surface area contributed by atoms with Crippen LogP contribution in [0.15, 0.2) is 6.20 Å². The van der Waals surface area contributed by atoms with Crippen molar-refractivity contribution >= 4 is 17.4 Å². The lowest BCUT2D eigenvalue weighted by molar-refractivity contribution is 0.435. The summed E-state index contributed by atoms with van der Waals surface area (Å²) in [5, 5.41) is 0. The molecular formula is C15H24ClN3. The topological polar surface area (TPSA) is 29.0 Å². The summed E-state index contributed by atoms with van der Waals surface area (Å²) >= 11 is 6.02. The van der Waals surface area contributed by atoms with E-state index in [1.165, 1.54) is 32.1 Å². The lowest BCUT2D eigenvalue weighted by Gasteiger charge is -2.24. The van der Waals surface area contributed by atoms with Crippen LogP contribution in [0.2, 0.25) is 0 Å². The SMILES string of the molecule is CCCC1CCCN(c2nc(C)ncc2CCl)CC1. The van der Waals surface area contributed by atoms with E-state index in [2.05, 4.69) is 21.8 Å². The molecule has 0 aromatic carbocycles. The van der Waals surface area contributed by atoms with E-state index in [4.69, 9.17) is 11.6 Å². The molecule has 1 unspecified atom stereocenters. The molecule has 19 heavy (non-hydrogen) atoms. The molecule has 4 heteroatoms. The maximum Gasteiger partial charge on any atom is 0.136 e. The maximum absolute atomic E-state index is 6.02. The Morgan fingerprint density at radius 2 is 2.21 bits per heavy atom. The van der Waals surface area contributed by atoms with Crippen molar-refractivity contribution in [2.24, 2.45) is 5.92 Å². The van der Waals surface area contributed by atoms with E-state index in [-0.39, 0.29) is 0 Å². The van der Waals surface area contributed by atoms with Crippen molar-refractivity contribution in [3.05, 3.63) is 17.6 Å². The number of alkyl halides is 1. The van der Waals surface area contributed by atoms with Crippen LogP contribution in [0.5, 0.6) is 0 Å². The van der Waals surface area contributed by atoms with Crippen molar-refractivity contribution < 1.29 is 0 Å². The Kier molecular flexibility index (Phi) is 5.44. The number of hydrogen-bond acceptors (Lipinski definition) is 3. The number of halogens is 1. The molecule has 2 heterocycles. The monoisotopic (exact) mass is 281 g/mol. The van der Waals surface area contributed by atoms with E-state index in [1.807, 2.05) is 13.1 Å². The van der Waals surface area contributed by atoms with Gasteiger partial charge in [0.05, 0.1) is 5.88 Å². The molecule has 0 N–H and O–H groups in total. The van der Waals surface area contributed by atoms with Gasteiger partial charge in [-0.1, -0.05) is 19.8 Å². The maximum atomic E-state index is 6.02. The average Bonchev–Trinajstić information content (AvgIpc) is 2.65. The summed E-state index contributed by atoms with van der Waals surface area (Å²) in [5.41, 5.74) is 1.06. The van der Waals surface area contributed by atoms with Crippen LogP contribution in [0.4, 0.5) is 5.82 Å². The van der Waals surface area contributed by atoms with Gasteiger partial charge in [0, 0.05) is 24.8 Å². The molecule has 3 nitrogen and oxygen atoms in total. The van der Waals surface area contributed by atoms with Crippen molar-refractivity contribution in [2.45, 2.75) is 51.8 Å². The highest BCUT2D eigenvalue weighted by Crippen LogP contribution is 2.26. The molecule has 0 saturated carbocycles. The van der Waals surface area contributed by atoms with Gasteiger partial charge < -0.3 is 4.90 Å². The molecule has 106 valence electrons. The van der Waals surface area contributed by atoms with Crippen LogP contribution in [-0.4, -0.2) is 23.1 Å². The number of aryl methyl sites for hydroxylation is 1. The van der Waals surface area contributed by atoms with Crippen LogP contribution in [0.3, 0.4) is 0 Å². The highest BCUT2D eigenvalue weighted by molar-refractivity contribution is 6.17. The van der Waals surface area contributed by atoms with Gasteiger partial charge in [-0.25, -0.2) is 9.97 Å². The molecule has 0 amide bonds. The second-order valence-electron chi connectivity index (χ2n) is 5.47. The molecule has 0 spiro atoms. The number of rotatable bonds is 4. The molecule has 1 aliphatic rings. The minimum absolute atomic E-state index is 0.491. The fourth-order valence-corrected chi connectivity index (χ4v) is 3.11. The molecule has 1 atom stereocenters. The van der Waals surface area contributed by atoms with Gasteiger partial charge in [-0.3, -0.25) is 0 Å². The van der Waals surface area contributed by atoms with E-state index >= 15 is 0 Å². The predicted octanol–water partition coefficient (Wildman–Crippen LogP) is 3.93. The van der Waals surface area contributed by atoms with Gasteiger partial charge in [0.25, 0.3) is 0 Å². The second kappa shape index (κ2) is 7.09. The van der Waals surface area contributed by atoms with Gasteiger partial charge >= 0.3 is 0 Å². The van der Waals surface area contributed by atoms with Crippen LogP contribution in [0.1, 0.15) is 50.4 Å². The Hall–Kier alpha value is -0.830. The quantitative estimate of drug-likeness (QED) is 0.783. The Labute approximate surface area is 121 Å². The van der Waals surface area contributed by atoms with Crippen molar-refractivity contribution in [3.63, 3.8) is 0 Å². The molecule has 1 aliphatic heterocycles. The first-order chi connectivity index (χ1) is 9.24. The molecule has 1 aromatic heterocycles. The van der Waals surface area contributed by atoms with E-state index in [1.54, 1.807) is 0 Å². The van der Waals surface area contributed by atoms with E-state index < -0.39 is 0 Å². The number of hydrogen-bond donors (Lipinski definition) is 0. The number of anilines is 1. The van der Waals surface area contributed by atoms with E-state index in [0.717, 1.165) is 36.2 Å². The second-order valence-corrected chi connectivity index (χ2v) is 5.74. The van der Waals surface area contributed by atoms with Gasteiger partial charge in [-0.2, -0.15) is 0 Å². The summed E-state index contributed by atoms with van der Waals surface area (Å²) in [6.45, 7) is 6.42. The van der Waals surface area contributed by atoms with Crippen LogP contribution in [0.25, 0.3) is 0 Å². The normalized spacial score (nSPS) is 20.4. The van der Waals surface area contributed by atoms with Gasteiger partial charge in [0.1, 0.15) is 11.6 Å². The van der Waals surface area contributed by atoms with Gasteiger partial charge in [0.2, 0.25) is 0 Å². The molecule has 0 aliphatic carbocycles. The lowest BCUT2D eigenvalue weighted by Crippen LogP contribution is -2.26. The fourth-order valence-electron chi connectivity index (χ4n) is 2.93. The first-order valence-electron chi connectivity index (χ1n) is 7.38. The molecule has 1 aromatic rings. The predicted molar refractivity (Wildman–Crippen MR) is 80.8 cm³/mol. The Bertz CT molecular complexity index is 408. The van der Waals surface area contributed by atoms with Crippen LogP contribution in [-0.2, 0) is 5.88 Å². The lowest BCUT2D eigenvalue weighted by atomic mass is 9.96. The van der Waals surface area contributed by atoms with Crippen molar-refractivity contribution in [3.8, 4) is 0 Å². The van der Waals surface area contributed by atoms with Gasteiger partial charge in [-0.15, -0.1) is 11.6 Å². The third-order valence-electron chi connectivity index (χ3n) is 3.95. The smallest absolute Gasteiger partial charge is 0.136 e. The van der Waals surface area contributed by atoms with Gasteiger partial charge in [0.15, 0.2) is 0 Å². The molecule has 1 saturated heterocycles. The molecule has 2 rings (SSSR count). The third-order valence-corrected chi connectivity index (χ3v) is 4.24. The van der Waals surface area contributed by atoms with Crippen LogP contribution >= 0.6 is 11.6 Å². The first-order valence-corrected chi connectivity index (χ1v) is 7.91. The van der Waals surface area contributed by atoms with Gasteiger partial charge in [-0.05, 0) is 32.1 Å².